The van der Waals surface area contributed by atoms with Crippen molar-refractivity contribution in [3.63, 3.8) is 0 Å². The zero-order valence-corrected chi connectivity index (χ0v) is 8.42. The van der Waals surface area contributed by atoms with Gasteiger partial charge in [-0.05, 0) is 18.8 Å². The molecule has 1 unspecified atom stereocenters. The molecule has 0 aromatic rings. The van der Waals surface area contributed by atoms with Gasteiger partial charge >= 0.3 is 0 Å². The molecule has 0 bridgehead atoms. The summed E-state index contributed by atoms with van der Waals surface area (Å²) < 4.78 is 4.93. The Balaban J connectivity index is 3.40. The predicted molar refractivity (Wildman–Crippen MR) is 51.9 cm³/mol. The Kier molecular flexibility index (Phi) is 6.34. The number of hydrogen-bond donors (Lipinski definition) is 2. The lowest BCUT2D eigenvalue weighted by Gasteiger charge is -2.17. The summed E-state index contributed by atoms with van der Waals surface area (Å²) in [4.78, 5) is 0. The molecular formula is C9H22N2O. The average Bonchev–Trinajstić information content (AvgIpc) is 2.00. The molecule has 12 heavy (non-hydrogen) atoms. The van der Waals surface area contributed by atoms with E-state index < -0.39 is 0 Å². The lowest BCUT2D eigenvalue weighted by atomic mass is 9.98. The normalized spacial score (nSPS) is 16.5. The fourth-order valence-corrected chi connectivity index (χ4v) is 1.04. The van der Waals surface area contributed by atoms with Crippen LogP contribution in [0.2, 0.25) is 0 Å². The van der Waals surface area contributed by atoms with Gasteiger partial charge in [0.15, 0.2) is 0 Å². The molecule has 0 heterocycles. The van der Waals surface area contributed by atoms with Crippen LogP contribution < -0.4 is 11.5 Å². The van der Waals surface area contributed by atoms with E-state index in [9.17, 15) is 0 Å². The quantitative estimate of drug-likeness (QED) is 0.624. The Bertz CT molecular complexity index is 107. The summed E-state index contributed by atoms with van der Waals surface area (Å²) in [5.41, 5.74) is 11.6. The Labute approximate surface area is 75.5 Å². The SMILES string of the molecule is COC[C@@H](N)CCC(N)C(C)C. The van der Waals surface area contributed by atoms with Crippen LogP contribution in [0.4, 0.5) is 0 Å². The molecule has 0 fully saturated rings. The number of hydrogen-bond acceptors (Lipinski definition) is 3. The van der Waals surface area contributed by atoms with E-state index >= 15 is 0 Å². The second-order valence-corrected chi connectivity index (χ2v) is 3.70. The van der Waals surface area contributed by atoms with Crippen LogP contribution in [0.15, 0.2) is 0 Å². The Morgan fingerprint density at radius 1 is 1.17 bits per heavy atom. The fourth-order valence-electron chi connectivity index (χ4n) is 1.04. The molecule has 3 nitrogen and oxygen atoms in total. The second kappa shape index (κ2) is 6.40. The number of rotatable bonds is 6. The highest BCUT2D eigenvalue weighted by molar-refractivity contribution is 4.69. The van der Waals surface area contributed by atoms with Gasteiger partial charge in [0.25, 0.3) is 0 Å². The molecule has 0 aliphatic carbocycles. The van der Waals surface area contributed by atoms with Gasteiger partial charge in [-0.15, -0.1) is 0 Å². The summed E-state index contributed by atoms with van der Waals surface area (Å²) in [6, 6.07) is 0.410. The first-order chi connectivity index (χ1) is 5.57. The molecule has 0 aliphatic heterocycles. The van der Waals surface area contributed by atoms with Crippen LogP contribution in [-0.4, -0.2) is 25.8 Å². The van der Waals surface area contributed by atoms with Gasteiger partial charge < -0.3 is 16.2 Å². The molecule has 0 radical (unpaired) electrons. The van der Waals surface area contributed by atoms with Crippen molar-refractivity contribution in [3.8, 4) is 0 Å². The van der Waals surface area contributed by atoms with E-state index in [0.717, 1.165) is 12.8 Å². The highest BCUT2D eigenvalue weighted by Crippen LogP contribution is 2.06. The fraction of sp³-hybridized carbons (Fsp3) is 1.00. The van der Waals surface area contributed by atoms with Gasteiger partial charge in [0.2, 0.25) is 0 Å². The van der Waals surface area contributed by atoms with E-state index in [1.54, 1.807) is 7.11 Å². The number of methoxy groups -OCH3 is 1. The average molecular weight is 174 g/mol. The van der Waals surface area contributed by atoms with Crippen molar-refractivity contribution in [2.75, 3.05) is 13.7 Å². The summed E-state index contributed by atoms with van der Waals surface area (Å²) in [6.45, 7) is 4.89. The predicted octanol–water partition coefficient (Wildman–Crippen LogP) is 0.724. The van der Waals surface area contributed by atoms with Crippen LogP contribution in [0.25, 0.3) is 0 Å². The summed E-state index contributed by atoms with van der Waals surface area (Å²) in [7, 11) is 1.67. The van der Waals surface area contributed by atoms with Crippen LogP contribution in [0.3, 0.4) is 0 Å². The maximum Gasteiger partial charge on any atom is 0.0613 e. The maximum atomic E-state index is 5.86. The number of nitrogens with two attached hydrogens (primary N) is 2. The molecule has 0 rings (SSSR count). The molecule has 0 aromatic carbocycles. The van der Waals surface area contributed by atoms with Gasteiger partial charge in [-0.1, -0.05) is 13.8 Å². The topological polar surface area (TPSA) is 61.3 Å². The third kappa shape index (κ3) is 5.52. The van der Waals surface area contributed by atoms with Crippen LogP contribution in [0.1, 0.15) is 26.7 Å². The third-order valence-electron chi connectivity index (χ3n) is 2.11. The van der Waals surface area contributed by atoms with Crippen molar-refractivity contribution in [1.82, 2.24) is 0 Å². The molecule has 74 valence electrons. The summed E-state index contributed by atoms with van der Waals surface area (Å²) in [6.07, 6.45) is 1.94. The van der Waals surface area contributed by atoms with Gasteiger partial charge in [-0.25, -0.2) is 0 Å². The smallest absolute Gasteiger partial charge is 0.0613 e. The first kappa shape index (κ1) is 11.9. The zero-order valence-electron chi connectivity index (χ0n) is 8.42. The standard InChI is InChI=1S/C9H22N2O/c1-7(2)9(11)5-4-8(10)6-12-3/h7-9H,4-6,10-11H2,1-3H3/t8-,9?/m0/s1. The zero-order chi connectivity index (χ0) is 9.56. The molecule has 0 amide bonds. The molecule has 0 spiro atoms. The van der Waals surface area contributed by atoms with E-state index in [1.807, 2.05) is 0 Å². The molecule has 3 heteroatoms. The molecule has 0 saturated heterocycles. The third-order valence-corrected chi connectivity index (χ3v) is 2.11. The first-order valence-electron chi connectivity index (χ1n) is 4.58. The summed E-state index contributed by atoms with van der Waals surface area (Å²) >= 11 is 0. The van der Waals surface area contributed by atoms with Crippen LogP contribution in [-0.2, 0) is 4.74 Å². The van der Waals surface area contributed by atoms with Gasteiger partial charge in [-0.2, -0.15) is 0 Å². The van der Waals surface area contributed by atoms with Crippen LogP contribution in [0, 0.1) is 5.92 Å². The van der Waals surface area contributed by atoms with Crippen molar-refractivity contribution >= 4 is 0 Å². The molecule has 0 aromatic heterocycles. The van der Waals surface area contributed by atoms with Crippen molar-refractivity contribution in [1.29, 1.82) is 0 Å². The summed E-state index contributed by atoms with van der Waals surface area (Å²) in [5.74, 6) is 0.541. The minimum atomic E-state index is 0.139. The minimum Gasteiger partial charge on any atom is -0.383 e. The summed E-state index contributed by atoms with van der Waals surface area (Å²) in [5, 5.41) is 0. The molecule has 2 atom stereocenters. The largest absolute Gasteiger partial charge is 0.383 e. The van der Waals surface area contributed by atoms with Gasteiger partial charge in [0.1, 0.15) is 0 Å². The molecule has 4 N–H and O–H groups in total. The Morgan fingerprint density at radius 2 is 1.75 bits per heavy atom. The van der Waals surface area contributed by atoms with Gasteiger partial charge in [-0.3, -0.25) is 0 Å². The van der Waals surface area contributed by atoms with E-state index in [2.05, 4.69) is 13.8 Å². The molecule has 0 saturated carbocycles. The van der Waals surface area contributed by atoms with E-state index in [0.29, 0.717) is 12.5 Å². The van der Waals surface area contributed by atoms with Crippen molar-refractivity contribution in [3.05, 3.63) is 0 Å². The van der Waals surface area contributed by atoms with Crippen molar-refractivity contribution in [2.24, 2.45) is 17.4 Å². The monoisotopic (exact) mass is 174 g/mol. The number of ether oxygens (including phenoxy) is 1. The lowest BCUT2D eigenvalue weighted by Crippen LogP contribution is -2.32. The first-order valence-corrected chi connectivity index (χ1v) is 4.58. The van der Waals surface area contributed by atoms with E-state index in [1.165, 1.54) is 0 Å². The van der Waals surface area contributed by atoms with Crippen molar-refractivity contribution in [2.45, 2.75) is 38.8 Å². The van der Waals surface area contributed by atoms with E-state index in [-0.39, 0.29) is 12.1 Å². The maximum absolute atomic E-state index is 5.86. The van der Waals surface area contributed by atoms with Crippen LogP contribution in [0.5, 0.6) is 0 Å². The second-order valence-electron chi connectivity index (χ2n) is 3.70. The van der Waals surface area contributed by atoms with Gasteiger partial charge in [0.05, 0.1) is 6.61 Å². The lowest BCUT2D eigenvalue weighted by molar-refractivity contribution is 0.174. The van der Waals surface area contributed by atoms with E-state index in [4.69, 9.17) is 16.2 Å². The van der Waals surface area contributed by atoms with Crippen molar-refractivity contribution < 1.29 is 4.74 Å². The Morgan fingerprint density at radius 3 is 2.17 bits per heavy atom. The highest BCUT2D eigenvalue weighted by Gasteiger charge is 2.09. The van der Waals surface area contributed by atoms with Crippen LogP contribution >= 0.6 is 0 Å². The Hall–Kier alpha value is -0.120. The highest BCUT2D eigenvalue weighted by atomic mass is 16.5. The minimum absolute atomic E-state index is 0.139. The molecular weight excluding hydrogens is 152 g/mol. The van der Waals surface area contributed by atoms with Gasteiger partial charge in [0, 0.05) is 19.2 Å². The molecule has 0 aliphatic rings.